The monoisotopic (exact) mass is 573 g/mol. The first-order chi connectivity index (χ1) is 20.8. The zero-order chi connectivity index (χ0) is 29.6. The molecule has 0 spiro atoms. The molecular formula is C37H39N3O3. The Labute approximate surface area is 254 Å². The van der Waals surface area contributed by atoms with Gasteiger partial charge in [0.1, 0.15) is 12.6 Å². The first kappa shape index (κ1) is 26.8. The highest BCUT2D eigenvalue weighted by molar-refractivity contribution is 5.94. The van der Waals surface area contributed by atoms with E-state index in [9.17, 15) is 10.1 Å². The number of carbonyl (C=O) groups excluding carboxylic acids is 1. The molecule has 3 heterocycles. The quantitative estimate of drug-likeness (QED) is 0.305. The van der Waals surface area contributed by atoms with Crippen LogP contribution in [0.15, 0.2) is 72.8 Å². The topological polar surface area (TPSA) is 69.1 Å². The lowest BCUT2D eigenvalue weighted by molar-refractivity contribution is 0.134. The molecule has 0 aromatic heterocycles. The zero-order valence-corrected chi connectivity index (χ0v) is 25.3. The van der Waals surface area contributed by atoms with Crippen molar-refractivity contribution < 1.29 is 14.3 Å². The number of likely N-dealkylation sites (N-methyl/N-ethyl adjacent to an activating group) is 1. The predicted molar refractivity (Wildman–Crippen MR) is 166 cm³/mol. The Balaban J connectivity index is 1.31. The minimum absolute atomic E-state index is 0.0819. The molecular weight excluding hydrogens is 534 g/mol. The van der Waals surface area contributed by atoms with E-state index >= 15 is 0 Å². The number of benzene rings is 3. The van der Waals surface area contributed by atoms with Crippen molar-refractivity contribution in [3.05, 3.63) is 95.1 Å². The summed E-state index contributed by atoms with van der Waals surface area (Å²) in [4.78, 5) is 18.3. The second kappa shape index (κ2) is 9.34. The van der Waals surface area contributed by atoms with Gasteiger partial charge in [0, 0.05) is 29.5 Å². The van der Waals surface area contributed by atoms with Crippen molar-refractivity contribution in [3.8, 4) is 6.07 Å². The maximum atomic E-state index is 14.1. The van der Waals surface area contributed by atoms with Gasteiger partial charge >= 0.3 is 6.09 Å². The summed E-state index contributed by atoms with van der Waals surface area (Å²) in [5.41, 5.74) is 5.95. The largest absolute Gasteiger partial charge is 0.444 e. The number of epoxide rings is 1. The Morgan fingerprint density at radius 3 is 2.42 bits per heavy atom. The van der Waals surface area contributed by atoms with Crippen LogP contribution >= 0.6 is 0 Å². The fraction of sp³-hybridized carbons (Fsp3) is 0.459. The number of ether oxygens (including phenoxy) is 2. The fourth-order valence-corrected chi connectivity index (χ4v) is 9.99. The molecule has 0 radical (unpaired) electrons. The second-order valence-electron chi connectivity index (χ2n) is 13.8. The van der Waals surface area contributed by atoms with Gasteiger partial charge in [-0.25, -0.2) is 4.79 Å². The summed E-state index contributed by atoms with van der Waals surface area (Å²) in [5, 5.41) is 11.0. The third kappa shape index (κ3) is 3.46. The van der Waals surface area contributed by atoms with Gasteiger partial charge in [0.25, 0.3) is 0 Å². The van der Waals surface area contributed by atoms with Crippen LogP contribution in [0.2, 0.25) is 0 Å². The van der Waals surface area contributed by atoms with Gasteiger partial charge in [0.15, 0.2) is 0 Å². The number of amides is 1. The minimum atomic E-state index is -0.470. The first-order valence-electron chi connectivity index (χ1n) is 15.9. The van der Waals surface area contributed by atoms with Crippen molar-refractivity contribution in [2.24, 2.45) is 0 Å². The number of nitriles is 1. The highest BCUT2D eigenvalue weighted by Crippen LogP contribution is 2.70. The molecule has 5 aliphatic rings. The predicted octanol–water partition coefficient (Wildman–Crippen LogP) is 7.36. The van der Waals surface area contributed by atoms with E-state index in [4.69, 9.17) is 9.47 Å². The first-order valence-corrected chi connectivity index (χ1v) is 15.9. The molecule has 0 N–H and O–H groups in total. The Hall–Kier alpha value is -3.82. The van der Waals surface area contributed by atoms with E-state index in [0.717, 1.165) is 55.5 Å². The van der Waals surface area contributed by atoms with Crippen molar-refractivity contribution in [1.82, 2.24) is 0 Å². The lowest BCUT2D eigenvalue weighted by atomic mass is 9.51. The Kier molecular flexibility index (Phi) is 5.82. The highest BCUT2D eigenvalue weighted by Gasteiger charge is 2.72. The smallest absolute Gasteiger partial charge is 0.414 e. The van der Waals surface area contributed by atoms with Crippen molar-refractivity contribution in [1.29, 1.82) is 5.26 Å². The van der Waals surface area contributed by atoms with E-state index in [2.05, 4.69) is 68.3 Å². The van der Waals surface area contributed by atoms with Gasteiger partial charge in [-0.05, 0) is 73.9 Å². The summed E-state index contributed by atoms with van der Waals surface area (Å²) in [7, 11) is 2.10. The molecule has 1 saturated carbocycles. The Bertz CT molecular complexity index is 1650. The SMILES string of the molecule is CN1c2cccc3c2[C@@]([C@]24CCC[C@H]2N(C(=O)OCc2ccccc2)c2ccccc24)(CCC[C@@H]3[C@H]2OC2(C)C)[C@H]1C#N. The fourth-order valence-electron chi connectivity index (χ4n) is 9.99. The van der Waals surface area contributed by atoms with Crippen LogP contribution in [-0.4, -0.2) is 36.9 Å². The van der Waals surface area contributed by atoms with E-state index in [1.807, 2.05) is 41.3 Å². The molecule has 43 heavy (non-hydrogen) atoms. The van der Waals surface area contributed by atoms with Crippen LogP contribution in [0.25, 0.3) is 0 Å². The van der Waals surface area contributed by atoms with Crippen molar-refractivity contribution >= 4 is 17.5 Å². The molecule has 220 valence electrons. The lowest BCUT2D eigenvalue weighted by Crippen LogP contribution is -2.61. The van der Waals surface area contributed by atoms with Crippen molar-refractivity contribution in [3.63, 3.8) is 0 Å². The van der Waals surface area contributed by atoms with Gasteiger partial charge in [-0.15, -0.1) is 0 Å². The number of rotatable bonds is 4. The van der Waals surface area contributed by atoms with Crippen molar-refractivity contribution in [2.75, 3.05) is 16.8 Å². The Morgan fingerprint density at radius 2 is 1.65 bits per heavy atom. The van der Waals surface area contributed by atoms with Crippen LogP contribution in [-0.2, 0) is 26.9 Å². The summed E-state index contributed by atoms with van der Waals surface area (Å²) >= 11 is 0. The Morgan fingerprint density at radius 1 is 0.953 bits per heavy atom. The van der Waals surface area contributed by atoms with Crippen LogP contribution < -0.4 is 9.80 Å². The molecule has 6 nitrogen and oxygen atoms in total. The van der Waals surface area contributed by atoms with Gasteiger partial charge in [-0.1, -0.05) is 73.5 Å². The van der Waals surface area contributed by atoms with Crippen LogP contribution in [0.4, 0.5) is 16.2 Å². The molecule has 1 saturated heterocycles. The van der Waals surface area contributed by atoms with Gasteiger partial charge in [-0.2, -0.15) is 5.26 Å². The molecule has 6 atom stereocenters. The van der Waals surface area contributed by atoms with Gasteiger partial charge in [0.05, 0.1) is 29.5 Å². The maximum absolute atomic E-state index is 14.1. The summed E-state index contributed by atoms with van der Waals surface area (Å²) in [6.45, 7) is 4.63. The number of para-hydroxylation sites is 1. The van der Waals surface area contributed by atoms with Crippen LogP contribution in [0.3, 0.4) is 0 Å². The van der Waals surface area contributed by atoms with Crippen LogP contribution in [0, 0.1) is 11.3 Å². The number of hydrogen-bond donors (Lipinski definition) is 0. The third-order valence-corrected chi connectivity index (χ3v) is 11.6. The van der Waals surface area contributed by atoms with E-state index in [1.165, 1.54) is 16.7 Å². The normalized spacial score (nSPS) is 32.8. The van der Waals surface area contributed by atoms with Gasteiger partial charge < -0.3 is 14.4 Å². The van der Waals surface area contributed by atoms with Crippen LogP contribution in [0.1, 0.15) is 80.5 Å². The summed E-state index contributed by atoms with van der Waals surface area (Å²) < 4.78 is 12.3. The van der Waals surface area contributed by atoms with Crippen LogP contribution in [0.5, 0.6) is 0 Å². The highest BCUT2D eigenvalue weighted by atomic mass is 16.6. The number of hydrogen-bond acceptors (Lipinski definition) is 5. The molecule has 2 fully saturated rings. The summed E-state index contributed by atoms with van der Waals surface area (Å²) in [6, 6.07) is 27.4. The number of fused-ring (bicyclic) bond motifs is 4. The van der Waals surface area contributed by atoms with E-state index in [0.29, 0.717) is 0 Å². The molecule has 3 aromatic rings. The molecule has 6 heteroatoms. The number of carbonyl (C=O) groups is 1. The maximum Gasteiger partial charge on any atom is 0.414 e. The number of nitrogens with zero attached hydrogens (tertiary/aromatic N) is 3. The van der Waals surface area contributed by atoms with E-state index in [1.54, 1.807) is 0 Å². The lowest BCUT2D eigenvalue weighted by Gasteiger charge is -2.50. The zero-order valence-electron chi connectivity index (χ0n) is 25.3. The second-order valence-corrected chi connectivity index (χ2v) is 13.8. The number of anilines is 2. The molecule has 8 rings (SSSR count). The van der Waals surface area contributed by atoms with E-state index < -0.39 is 10.8 Å². The van der Waals surface area contributed by atoms with Gasteiger partial charge in [-0.3, -0.25) is 4.90 Å². The molecule has 3 aliphatic heterocycles. The minimum Gasteiger partial charge on any atom is -0.444 e. The average molecular weight is 574 g/mol. The third-order valence-electron chi connectivity index (χ3n) is 11.6. The van der Waals surface area contributed by atoms with Crippen molar-refractivity contribution in [2.45, 2.75) is 99.5 Å². The molecule has 3 aromatic carbocycles. The molecule has 0 unspecified atom stereocenters. The molecule has 0 bridgehead atoms. The average Bonchev–Trinajstić information content (AvgIpc) is 3.26. The molecule has 2 aliphatic carbocycles. The summed E-state index contributed by atoms with van der Waals surface area (Å²) in [6.07, 6.45) is 5.67. The standard InChI is InChI=1S/C37H39N3O3/c1-35(2)33(43-35)26-15-10-21-37(31(22-38)39(3)29-18-9-14-25(26)32(29)37)36-20-11-19-30(36)40(28-17-8-7-16-27(28)36)34(41)42-23-24-12-5-4-6-13-24/h4-9,12-14,16-18,26,30-31,33H,10-11,15,19-21,23H2,1-3H3/t26-,30+,31+,33+,36-,37+/m0/s1. The summed E-state index contributed by atoms with van der Waals surface area (Å²) in [5.74, 6) is 0.289. The van der Waals surface area contributed by atoms with Gasteiger partial charge in [0.2, 0.25) is 0 Å². The van der Waals surface area contributed by atoms with E-state index in [-0.39, 0.29) is 42.4 Å². The molecule has 1 amide bonds.